The number of nitro groups is 1. The first-order chi connectivity index (χ1) is 10.1. The molecule has 1 aromatic heterocycles. The van der Waals surface area contributed by atoms with Gasteiger partial charge in [-0.15, -0.1) is 0 Å². The van der Waals surface area contributed by atoms with Crippen LogP contribution in [-0.2, 0) is 6.42 Å². The second-order valence-electron chi connectivity index (χ2n) is 4.32. The molecule has 110 valence electrons. The Morgan fingerprint density at radius 3 is 2.81 bits per heavy atom. The van der Waals surface area contributed by atoms with Crippen molar-refractivity contribution < 1.29 is 14.1 Å². The largest absolute Gasteiger partial charge is 0.469 e. The molecule has 0 radical (unpaired) electrons. The third kappa shape index (κ3) is 3.59. The van der Waals surface area contributed by atoms with Crippen molar-refractivity contribution in [1.29, 1.82) is 0 Å². The first kappa shape index (κ1) is 14.6. The highest BCUT2D eigenvalue weighted by molar-refractivity contribution is 6.00. The number of nitrogens with zero attached hydrogens (tertiary/aromatic N) is 1. The molecule has 0 saturated carbocycles. The van der Waals surface area contributed by atoms with Gasteiger partial charge in [-0.25, -0.2) is 0 Å². The minimum atomic E-state index is -0.529. The Bertz CT molecular complexity index is 638. The normalized spacial score (nSPS) is 10.1. The van der Waals surface area contributed by atoms with Crippen LogP contribution in [0.1, 0.15) is 16.1 Å². The van der Waals surface area contributed by atoms with Crippen LogP contribution in [0, 0.1) is 10.1 Å². The van der Waals surface area contributed by atoms with Crippen LogP contribution in [-0.4, -0.2) is 24.4 Å². The van der Waals surface area contributed by atoms with E-state index < -0.39 is 4.92 Å². The molecule has 0 spiro atoms. The van der Waals surface area contributed by atoms with E-state index in [0.29, 0.717) is 18.7 Å². The van der Waals surface area contributed by atoms with Crippen molar-refractivity contribution in [1.82, 2.24) is 5.32 Å². The molecule has 7 heteroatoms. The third-order valence-electron chi connectivity index (χ3n) is 2.96. The number of benzene rings is 1. The topological polar surface area (TPSA) is 97.4 Å². The first-order valence-electron chi connectivity index (χ1n) is 6.38. The van der Waals surface area contributed by atoms with Gasteiger partial charge < -0.3 is 15.1 Å². The van der Waals surface area contributed by atoms with E-state index in [1.165, 1.54) is 18.2 Å². The van der Waals surface area contributed by atoms with Gasteiger partial charge in [0.2, 0.25) is 0 Å². The van der Waals surface area contributed by atoms with Crippen molar-refractivity contribution in [2.24, 2.45) is 0 Å². The number of rotatable bonds is 6. The van der Waals surface area contributed by atoms with Crippen LogP contribution in [0.4, 0.5) is 11.4 Å². The molecule has 1 amide bonds. The van der Waals surface area contributed by atoms with Gasteiger partial charge in [-0.2, -0.15) is 0 Å². The number of amides is 1. The summed E-state index contributed by atoms with van der Waals surface area (Å²) in [5.41, 5.74) is 0.660. The fraction of sp³-hybridized carbons (Fsp3) is 0.214. The summed E-state index contributed by atoms with van der Waals surface area (Å²) in [6.45, 7) is 0.387. The second-order valence-corrected chi connectivity index (χ2v) is 4.32. The lowest BCUT2D eigenvalue weighted by Gasteiger charge is -2.09. The summed E-state index contributed by atoms with van der Waals surface area (Å²) in [6.07, 6.45) is 2.12. The van der Waals surface area contributed by atoms with Gasteiger partial charge in [0.15, 0.2) is 0 Å². The molecule has 0 aliphatic carbocycles. The number of furan rings is 1. The zero-order valence-electron chi connectivity index (χ0n) is 11.5. The molecule has 2 N–H and O–H groups in total. The number of nitrogens with one attached hydrogen (secondary N) is 2. The van der Waals surface area contributed by atoms with Crippen molar-refractivity contribution in [3.63, 3.8) is 0 Å². The molecule has 21 heavy (non-hydrogen) atoms. The van der Waals surface area contributed by atoms with Crippen LogP contribution >= 0.6 is 0 Å². The molecule has 0 unspecified atom stereocenters. The maximum absolute atomic E-state index is 12.1. The van der Waals surface area contributed by atoms with Crippen LogP contribution < -0.4 is 10.6 Å². The number of carbonyl (C=O) groups excluding carboxylic acids is 1. The fourth-order valence-electron chi connectivity index (χ4n) is 1.90. The maximum atomic E-state index is 12.1. The number of hydrogen-bond acceptors (Lipinski definition) is 5. The van der Waals surface area contributed by atoms with Gasteiger partial charge in [0.05, 0.1) is 16.7 Å². The molecule has 0 aliphatic heterocycles. The van der Waals surface area contributed by atoms with Crippen LogP contribution in [0.15, 0.2) is 41.0 Å². The van der Waals surface area contributed by atoms with Gasteiger partial charge in [-0.3, -0.25) is 14.9 Å². The van der Waals surface area contributed by atoms with E-state index in [2.05, 4.69) is 10.6 Å². The molecule has 0 saturated heterocycles. The number of carbonyl (C=O) groups is 1. The van der Waals surface area contributed by atoms with Gasteiger partial charge in [0.1, 0.15) is 5.76 Å². The Balaban J connectivity index is 2.06. The average molecular weight is 289 g/mol. The summed E-state index contributed by atoms with van der Waals surface area (Å²) in [5, 5.41) is 16.3. The summed E-state index contributed by atoms with van der Waals surface area (Å²) < 4.78 is 5.16. The highest BCUT2D eigenvalue weighted by atomic mass is 16.6. The highest BCUT2D eigenvalue weighted by Crippen LogP contribution is 2.21. The molecular formula is C14H15N3O4. The van der Waals surface area contributed by atoms with E-state index in [1.807, 2.05) is 6.07 Å². The summed E-state index contributed by atoms with van der Waals surface area (Å²) in [7, 11) is 1.65. The Morgan fingerprint density at radius 2 is 2.19 bits per heavy atom. The van der Waals surface area contributed by atoms with E-state index in [1.54, 1.807) is 19.4 Å². The van der Waals surface area contributed by atoms with E-state index in [-0.39, 0.29) is 17.2 Å². The summed E-state index contributed by atoms with van der Waals surface area (Å²) in [6, 6.07) is 7.72. The zero-order chi connectivity index (χ0) is 15.2. The van der Waals surface area contributed by atoms with Gasteiger partial charge in [0.25, 0.3) is 11.6 Å². The molecule has 0 aliphatic rings. The van der Waals surface area contributed by atoms with E-state index in [9.17, 15) is 14.9 Å². The predicted molar refractivity (Wildman–Crippen MR) is 77.4 cm³/mol. The molecule has 0 atom stereocenters. The minimum absolute atomic E-state index is 0.120. The van der Waals surface area contributed by atoms with Crippen molar-refractivity contribution in [2.75, 3.05) is 18.9 Å². The number of non-ortho nitro benzene ring substituents is 1. The Labute approximate surface area is 121 Å². The number of anilines is 1. The minimum Gasteiger partial charge on any atom is -0.469 e. The summed E-state index contributed by atoms with van der Waals surface area (Å²) in [4.78, 5) is 22.4. The molecule has 0 fully saturated rings. The predicted octanol–water partition coefficient (Wildman–Crippen LogP) is 2.20. The van der Waals surface area contributed by atoms with Gasteiger partial charge >= 0.3 is 0 Å². The summed E-state index contributed by atoms with van der Waals surface area (Å²) >= 11 is 0. The van der Waals surface area contributed by atoms with Crippen LogP contribution in [0.5, 0.6) is 0 Å². The van der Waals surface area contributed by atoms with Gasteiger partial charge in [0, 0.05) is 37.8 Å². The second kappa shape index (κ2) is 6.56. The van der Waals surface area contributed by atoms with Crippen LogP contribution in [0.25, 0.3) is 0 Å². The molecule has 1 heterocycles. The lowest BCUT2D eigenvalue weighted by atomic mass is 10.1. The van der Waals surface area contributed by atoms with Crippen molar-refractivity contribution in [3.05, 3.63) is 58.0 Å². The number of hydrogen-bond donors (Lipinski definition) is 2. The fourth-order valence-corrected chi connectivity index (χ4v) is 1.90. The molecule has 2 aromatic rings. The standard InChI is InChI=1S/C14H15N3O4/c1-15-13-5-4-10(17(19)20)9-12(13)14(18)16-7-6-11-3-2-8-21-11/h2-5,8-9,15H,6-7H2,1H3,(H,16,18). The SMILES string of the molecule is CNc1ccc([N+](=O)[O-])cc1C(=O)NCCc1ccco1. The third-order valence-corrected chi connectivity index (χ3v) is 2.96. The van der Waals surface area contributed by atoms with Gasteiger partial charge in [-0.1, -0.05) is 0 Å². The Kier molecular flexibility index (Phi) is 4.55. The highest BCUT2D eigenvalue weighted by Gasteiger charge is 2.15. The van der Waals surface area contributed by atoms with Crippen molar-refractivity contribution in [3.8, 4) is 0 Å². The van der Waals surface area contributed by atoms with E-state index in [0.717, 1.165) is 5.76 Å². The van der Waals surface area contributed by atoms with E-state index >= 15 is 0 Å². The molecule has 2 rings (SSSR count). The van der Waals surface area contributed by atoms with Crippen molar-refractivity contribution >= 4 is 17.3 Å². The Hall–Kier alpha value is -2.83. The van der Waals surface area contributed by atoms with Crippen LogP contribution in [0.3, 0.4) is 0 Å². The quantitative estimate of drug-likeness (QED) is 0.627. The van der Waals surface area contributed by atoms with Crippen LogP contribution in [0.2, 0.25) is 0 Å². The van der Waals surface area contributed by atoms with Crippen molar-refractivity contribution in [2.45, 2.75) is 6.42 Å². The maximum Gasteiger partial charge on any atom is 0.270 e. The Morgan fingerprint density at radius 1 is 1.38 bits per heavy atom. The lowest BCUT2D eigenvalue weighted by Crippen LogP contribution is -2.26. The van der Waals surface area contributed by atoms with E-state index in [4.69, 9.17) is 4.42 Å². The van der Waals surface area contributed by atoms with Gasteiger partial charge in [-0.05, 0) is 18.2 Å². The zero-order valence-corrected chi connectivity index (χ0v) is 11.5. The monoisotopic (exact) mass is 289 g/mol. The summed E-state index contributed by atoms with van der Waals surface area (Å²) in [5.74, 6) is 0.401. The molecule has 0 bridgehead atoms. The lowest BCUT2D eigenvalue weighted by molar-refractivity contribution is -0.384. The molecular weight excluding hydrogens is 274 g/mol. The molecule has 1 aromatic carbocycles. The smallest absolute Gasteiger partial charge is 0.270 e. The molecule has 7 nitrogen and oxygen atoms in total. The first-order valence-corrected chi connectivity index (χ1v) is 6.38. The number of nitro benzene ring substituents is 1. The average Bonchev–Trinajstić information content (AvgIpc) is 2.99.